The molecule has 2 heterocycles. The summed E-state index contributed by atoms with van der Waals surface area (Å²) in [5.41, 5.74) is 3.86. The molecule has 0 unspecified atom stereocenters. The Morgan fingerprint density at radius 2 is 1.68 bits per heavy atom. The van der Waals surface area contributed by atoms with Gasteiger partial charge in [-0.3, -0.25) is 4.79 Å². The number of rotatable bonds is 4. The van der Waals surface area contributed by atoms with Gasteiger partial charge in [0.1, 0.15) is 5.69 Å². The molecule has 2 aromatic carbocycles. The fraction of sp³-hybridized carbons (Fsp3) is 0.0455. The topological polar surface area (TPSA) is 30.7 Å². The first kappa shape index (κ1) is 15.2. The van der Waals surface area contributed by atoms with E-state index in [9.17, 15) is 4.79 Å². The van der Waals surface area contributed by atoms with Crippen LogP contribution in [0.2, 0.25) is 0 Å². The molecule has 25 heavy (non-hydrogen) atoms. The third-order valence-electron chi connectivity index (χ3n) is 4.26. The molecule has 0 fully saturated rings. The lowest BCUT2D eigenvalue weighted by molar-refractivity contribution is 0.103. The Morgan fingerprint density at radius 3 is 2.40 bits per heavy atom. The van der Waals surface area contributed by atoms with Gasteiger partial charge in [-0.05, 0) is 23.8 Å². The van der Waals surface area contributed by atoms with Gasteiger partial charge in [0.2, 0.25) is 5.78 Å². The molecule has 0 saturated heterocycles. The van der Waals surface area contributed by atoms with E-state index in [0.717, 1.165) is 16.6 Å². The number of pyridine rings is 1. The van der Waals surface area contributed by atoms with E-state index in [1.807, 2.05) is 59.1 Å². The van der Waals surface area contributed by atoms with E-state index >= 15 is 0 Å². The van der Waals surface area contributed by atoms with E-state index < -0.39 is 0 Å². The van der Waals surface area contributed by atoms with Crippen LogP contribution in [-0.2, 0) is 0 Å². The van der Waals surface area contributed by atoms with Crippen molar-refractivity contribution in [2.75, 3.05) is 7.11 Å². The van der Waals surface area contributed by atoms with Crippen molar-refractivity contribution in [2.24, 2.45) is 0 Å². The lowest BCUT2D eigenvalue weighted by Gasteiger charge is -2.07. The summed E-state index contributed by atoms with van der Waals surface area (Å²) in [6.45, 7) is 0. The highest BCUT2D eigenvalue weighted by atomic mass is 16.5. The molecular weight excluding hydrogens is 310 g/mol. The van der Waals surface area contributed by atoms with E-state index in [1.165, 1.54) is 0 Å². The SMILES string of the molecule is COc1c(-c2ccccc2)c(C(=O)c2cc[c]cc2)n2ccccc12. The van der Waals surface area contributed by atoms with Crippen molar-refractivity contribution in [3.63, 3.8) is 0 Å². The molecule has 0 N–H and O–H groups in total. The number of methoxy groups -OCH3 is 1. The van der Waals surface area contributed by atoms with Crippen molar-refractivity contribution < 1.29 is 9.53 Å². The maximum atomic E-state index is 13.3. The molecule has 0 bridgehead atoms. The number of carbonyl (C=O) groups excluding carboxylic acids is 1. The Bertz CT molecular complexity index is 1030. The Labute approximate surface area is 146 Å². The van der Waals surface area contributed by atoms with Crippen molar-refractivity contribution >= 4 is 11.3 Å². The second-order valence-electron chi connectivity index (χ2n) is 5.70. The quantitative estimate of drug-likeness (QED) is 0.511. The van der Waals surface area contributed by atoms with Gasteiger partial charge in [-0.2, -0.15) is 0 Å². The first-order chi connectivity index (χ1) is 12.3. The second-order valence-corrected chi connectivity index (χ2v) is 5.70. The summed E-state index contributed by atoms with van der Waals surface area (Å²) in [6, 6.07) is 25.7. The predicted octanol–water partition coefficient (Wildman–Crippen LogP) is 4.65. The molecule has 3 heteroatoms. The zero-order valence-electron chi connectivity index (χ0n) is 13.8. The van der Waals surface area contributed by atoms with Crippen molar-refractivity contribution in [3.05, 3.63) is 96.3 Å². The number of ether oxygens (including phenoxy) is 1. The molecule has 0 saturated carbocycles. The summed E-state index contributed by atoms with van der Waals surface area (Å²) >= 11 is 0. The highest BCUT2D eigenvalue weighted by Crippen LogP contribution is 2.40. The van der Waals surface area contributed by atoms with Gasteiger partial charge in [0, 0.05) is 11.8 Å². The zero-order chi connectivity index (χ0) is 17.2. The highest BCUT2D eigenvalue weighted by molar-refractivity contribution is 6.14. The minimum Gasteiger partial charge on any atom is -0.494 e. The normalized spacial score (nSPS) is 10.8. The molecular formula is C22H16NO2. The fourth-order valence-electron chi connectivity index (χ4n) is 3.16. The third-order valence-corrected chi connectivity index (χ3v) is 4.26. The Balaban J connectivity index is 2.07. The average Bonchev–Trinajstić information content (AvgIpc) is 3.03. The molecule has 3 nitrogen and oxygen atoms in total. The first-order valence-corrected chi connectivity index (χ1v) is 8.04. The van der Waals surface area contributed by atoms with Crippen LogP contribution in [0.15, 0.2) is 79.0 Å². The fourth-order valence-corrected chi connectivity index (χ4v) is 3.16. The molecule has 0 spiro atoms. The van der Waals surface area contributed by atoms with Gasteiger partial charge in [-0.25, -0.2) is 0 Å². The van der Waals surface area contributed by atoms with Crippen LogP contribution in [0, 0.1) is 6.07 Å². The largest absolute Gasteiger partial charge is 0.494 e. The van der Waals surface area contributed by atoms with E-state index in [0.29, 0.717) is 17.0 Å². The minimum absolute atomic E-state index is 0.0441. The van der Waals surface area contributed by atoms with Crippen LogP contribution in [0.5, 0.6) is 5.75 Å². The lowest BCUT2D eigenvalue weighted by Crippen LogP contribution is -2.06. The van der Waals surface area contributed by atoms with Crippen molar-refractivity contribution in [1.29, 1.82) is 0 Å². The monoisotopic (exact) mass is 326 g/mol. The van der Waals surface area contributed by atoms with Crippen LogP contribution in [0.25, 0.3) is 16.6 Å². The number of carbonyl (C=O) groups is 1. The molecule has 121 valence electrons. The van der Waals surface area contributed by atoms with Crippen molar-refractivity contribution in [2.45, 2.75) is 0 Å². The first-order valence-electron chi connectivity index (χ1n) is 8.04. The van der Waals surface area contributed by atoms with Crippen molar-refractivity contribution in [3.8, 4) is 16.9 Å². The standard InChI is InChI=1S/C22H16NO2/c1-25-22-18-14-8-9-15-23(18)20(19(22)16-10-4-2-5-11-16)21(24)17-12-6-3-7-13-17/h2,4-15H,1H3. The second kappa shape index (κ2) is 6.29. The summed E-state index contributed by atoms with van der Waals surface area (Å²) in [7, 11) is 1.64. The lowest BCUT2D eigenvalue weighted by atomic mass is 9.99. The van der Waals surface area contributed by atoms with Crippen molar-refractivity contribution in [1.82, 2.24) is 4.40 Å². The number of hydrogen-bond acceptors (Lipinski definition) is 2. The third kappa shape index (κ3) is 2.50. The van der Waals surface area contributed by atoms with E-state index in [2.05, 4.69) is 6.07 Å². The predicted molar refractivity (Wildman–Crippen MR) is 98.1 cm³/mol. The maximum Gasteiger partial charge on any atom is 0.210 e. The number of fused-ring (bicyclic) bond motifs is 1. The number of nitrogens with zero attached hydrogens (tertiary/aromatic N) is 1. The molecule has 4 aromatic rings. The molecule has 1 radical (unpaired) electrons. The molecule has 0 amide bonds. The zero-order valence-corrected chi connectivity index (χ0v) is 13.8. The van der Waals surface area contributed by atoms with Crippen LogP contribution < -0.4 is 4.74 Å². The maximum absolute atomic E-state index is 13.3. The van der Waals surface area contributed by atoms with Crippen LogP contribution in [0.4, 0.5) is 0 Å². The van der Waals surface area contributed by atoms with E-state index in [-0.39, 0.29) is 5.78 Å². The number of aromatic nitrogens is 1. The molecule has 4 rings (SSSR count). The summed E-state index contributed by atoms with van der Waals surface area (Å²) < 4.78 is 7.60. The molecule has 2 aromatic heterocycles. The average molecular weight is 326 g/mol. The molecule has 0 aliphatic rings. The summed E-state index contributed by atoms with van der Waals surface area (Å²) in [5, 5.41) is 0. The number of ketones is 1. The Kier molecular flexibility index (Phi) is 3.82. The number of hydrogen-bond donors (Lipinski definition) is 0. The van der Waals surface area contributed by atoms with Crippen LogP contribution in [0.3, 0.4) is 0 Å². The molecule has 0 aliphatic carbocycles. The van der Waals surface area contributed by atoms with Crippen LogP contribution in [0.1, 0.15) is 16.1 Å². The summed E-state index contributed by atoms with van der Waals surface area (Å²) in [6.07, 6.45) is 1.90. The Hall–Kier alpha value is -3.33. The van der Waals surface area contributed by atoms with Gasteiger partial charge in [-0.15, -0.1) is 0 Å². The van der Waals surface area contributed by atoms with Crippen LogP contribution >= 0.6 is 0 Å². The van der Waals surface area contributed by atoms with Gasteiger partial charge >= 0.3 is 0 Å². The van der Waals surface area contributed by atoms with Gasteiger partial charge in [0.05, 0.1) is 18.2 Å². The smallest absolute Gasteiger partial charge is 0.210 e. The summed E-state index contributed by atoms with van der Waals surface area (Å²) in [4.78, 5) is 13.3. The van der Waals surface area contributed by atoms with E-state index in [1.54, 1.807) is 31.4 Å². The minimum atomic E-state index is -0.0441. The van der Waals surface area contributed by atoms with Gasteiger partial charge in [-0.1, -0.05) is 60.7 Å². The molecule has 0 atom stereocenters. The van der Waals surface area contributed by atoms with Gasteiger partial charge in [0.25, 0.3) is 0 Å². The van der Waals surface area contributed by atoms with Gasteiger partial charge < -0.3 is 9.14 Å². The number of benzene rings is 2. The highest BCUT2D eigenvalue weighted by Gasteiger charge is 2.25. The van der Waals surface area contributed by atoms with E-state index in [4.69, 9.17) is 4.74 Å². The van der Waals surface area contributed by atoms with Crippen LogP contribution in [-0.4, -0.2) is 17.3 Å². The Morgan fingerprint density at radius 1 is 0.960 bits per heavy atom. The summed E-state index contributed by atoms with van der Waals surface area (Å²) in [5.74, 6) is 0.662. The van der Waals surface area contributed by atoms with Gasteiger partial charge in [0.15, 0.2) is 5.75 Å². The molecule has 0 aliphatic heterocycles.